The first-order chi connectivity index (χ1) is 23.8. The average Bonchev–Trinajstić information content (AvgIpc) is 3.11. The fraction of sp³-hybridized carbons (Fsp3) is 0.361. The number of nitrogens with one attached hydrogen (secondary N) is 1. The number of halogens is 1. The summed E-state index contributed by atoms with van der Waals surface area (Å²) in [6.45, 7) is 9.73. The zero-order valence-corrected chi connectivity index (χ0v) is 28.5. The summed E-state index contributed by atoms with van der Waals surface area (Å²) in [5.41, 5.74) is 1.43. The molecule has 1 fully saturated rings. The summed E-state index contributed by atoms with van der Waals surface area (Å²) in [5, 5.41) is 3.02. The lowest BCUT2D eigenvalue weighted by molar-refractivity contribution is 0.0965. The van der Waals surface area contributed by atoms with E-state index in [4.69, 9.17) is 23.7 Å². The molecule has 0 aliphatic carbocycles. The summed E-state index contributed by atoms with van der Waals surface area (Å²) in [4.78, 5) is 28.8. The fourth-order valence-electron chi connectivity index (χ4n) is 5.45. The molecule has 1 aliphatic heterocycles. The van der Waals surface area contributed by atoms with Gasteiger partial charge in [0.1, 0.15) is 29.7 Å². The molecule has 3 aromatic carbocycles. The lowest BCUT2D eigenvalue weighted by atomic mass is 10.2. The zero-order valence-electron chi connectivity index (χ0n) is 28.5. The molecule has 1 amide bonds. The Morgan fingerprint density at radius 1 is 0.939 bits per heavy atom. The van der Waals surface area contributed by atoms with Crippen molar-refractivity contribution in [1.82, 2.24) is 19.8 Å². The molecule has 5 rings (SSSR count). The van der Waals surface area contributed by atoms with Gasteiger partial charge in [-0.05, 0) is 44.2 Å². The third-order valence-corrected chi connectivity index (χ3v) is 8.14. The number of hydrogen-bond donors (Lipinski definition) is 1. The molecular formula is C36H43FN6O6. The molecule has 1 aromatic heterocycles. The van der Waals surface area contributed by atoms with E-state index < -0.39 is 11.9 Å². The summed E-state index contributed by atoms with van der Waals surface area (Å²) in [6.07, 6.45) is 0.722. The molecule has 1 aliphatic rings. The van der Waals surface area contributed by atoms with Crippen molar-refractivity contribution < 1.29 is 32.9 Å². The maximum Gasteiger partial charge on any atom is 0.425 e. The van der Waals surface area contributed by atoms with Gasteiger partial charge >= 0.3 is 6.09 Å². The van der Waals surface area contributed by atoms with Gasteiger partial charge in [-0.15, -0.1) is 0 Å². The number of rotatable bonds is 14. The molecule has 4 aromatic rings. The summed E-state index contributed by atoms with van der Waals surface area (Å²) < 4.78 is 43.0. The molecule has 260 valence electrons. The molecule has 0 saturated carbocycles. The third-order valence-electron chi connectivity index (χ3n) is 8.14. The summed E-state index contributed by atoms with van der Waals surface area (Å²) in [6, 6.07) is 18.7. The van der Waals surface area contributed by atoms with Gasteiger partial charge in [0, 0.05) is 81.5 Å². The molecule has 0 atom stereocenters. The smallest absolute Gasteiger partial charge is 0.425 e. The summed E-state index contributed by atoms with van der Waals surface area (Å²) in [5.74, 6) is 1.13. The largest absolute Gasteiger partial charge is 0.497 e. The van der Waals surface area contributed by atoms with Crippen molar-refractivity contribution in [2.45, 2.75) is 26.5 Å². The number of methoxy groups -OCH3 is 3. The van der Waals surface area contributed by atoms with Gasteiger partial charge < -0.3 is 29.0 Å². The quantitative estimate of drug-likeness (QED) is 0.164. The van der Waals surface area contributed by atoms with Crippen molar-refractivity contribution >= 4 is 29.2 Å². The zero-order chi connectivity index (χ0) is 34.8. The topological polar surface area (TPSA) is 111 Å². The molecule has 0 radical (unpaired) electrons. The van der Waals surface area contributed by atoms with Crippen LogP contribution in [-0.2, 0) is 11.3 Å². The normalized spacial score (nSPS) is 13.6. The number of piperazine rings is 1. The summed E-state index contributed by atoms with van der Waals surface area (Å²) in [7, 11) is 4.58. The Morgan fingerprint density at radius 2 is 1.73 bits per heavy atom. The van der Waals surface area contributed by atoms with Crippen LogP contribution in [0.15, 0.2) is 72.9 Å². The Kier molecular flexibility index (Phi) is 12.2. The van der Waals surface area contributed by atoms with Crippen LogP contribution in [0.3, 0.4) is 0 Å². The highest BCUT2D eigenvalue weighted by molar-refractivity contribution is 5.98. The second kappa shape index (κ2) is 16.9. The van der Waals surface area contributed by atoms with Crippen molar-refractivity contribution in [1.29, 1.82) is 0 Å². The highest BCUT2D eigenvalue weighted by Crippen LogP contribution is 2.37. The number of nitrogens with zero attached hydrogens (tertiary/aromatic N) is 5. The van der Waals surface area contributed by atoms with Gasteiger partial charge in [-0.25, -0.2) is 19.1 Å². The first-order valence-corrected chi connectivity index (χ1v) is 16.1. The second-order valence-electron chi connectivity index (χ2n) is 11.6. The van der Waals surface area contributed by atoms with Crippen molar-refractivity contribution in [3.05, 3.63) is 84.3 Å². The summed E-state index contributed by atoms with van der Waals surface area (Å²) >= 11 is 0. The molecule has 13 heteroatoms. The maximum absolute atomic E-state index is 15.1. The van der Waals surface area contributed by atoms with E-state index in [2.05, 4.69) is 38.9 Å². The van der Waals surface area contributed by atoms with Crippen LogP contribution < -0.4 is 29.2 Å². The van der Waals surface area contributed by atoms with Crippen LogP contribution in [0.4, 0.5) is 32.3 Å². The van der Waals surface area contributed by atoms with E-state index in [-0.39, 0.29) is 24.1 Å². The Bertz CT molecular complexity index is 1700. The lowest BCUT2D eigenvalue weighted by Crippen LogP contribution is -2.49. The van der Waals surface area contributed by atoms with Gasteiger partial charge in [-0.2, -0.15) is 4.98 Å². The Balaban J connectivity index is 1.32. The van der Waals surface area contributed by atoms with Crippen LogP contribution in [0.2, 0.25) is 0 Å². The van der Waals surface area contributed by atoms with Crippen LogP contribution in [0, 0.1) is 5.82 Å². The maximum atomic E-state index is 15.1. The first-order valence-electron chi connectivity index (χ1n) is 16.1. The average molecular weight is 675 g/mol. The number of hydrogen-bond acceptors (Lipinski definition) is 11. The lowest BCUT2D eigenvalue weighted by Gasteiger charge is -2.36. The van der Waals surface area contributed by atoms with Crippen molar-refractivity contribution in [2.24, 2.45) is 0 Å². The number of anilines is 4. The van der Waals surface area contributed by atoms with E-state index in [1.165, 1.54) is 31.4 Å². The molecule has 0 spiro atoms. The second-order valence-corrected chi connectivity index (χ2v) is 11.6. The van der Waals surface area contributed by atoms with Gasteiger partial charge in [0.25, 0.3) is 0 Å². The van der Waals surface area contributed by atoms with Gasteiger partial charge in [-0.1, -0.05) is 18.2 Å². The van der Waals surface area contributed by atoms with E-state index >= 15 is 4.39 Å². The molecule has 0 unspecified atom stereocenters. The molecule has 1 saturated heterocycles. The highest BCUT2D eigenvalue weighted by atomic mass is 19.1. The number of carbonyl (C=O) groups excluding carboxylic acids is 1. The fourth-order valence-corrected chi connectivity index (χ4v) is 5.45. The molecular weight excluding hydrogens is 631 g/mol. The minimum Gasteiger partial charge on any atom is -0.497 e. The van der Waals surface area contributed by atoms with Gasteiger partial charge in [-0.3, -0.25) is 9.80 Å². The molecule has 2 heterocycles. The van der Waals surface area contributed by atoms with E-state index in [9.17, 15) is 4.79 Å². The molecule has 0 bridgehead atoms. The SMILES string of the molecule is COCc1ccccc1OC(=O)N(c1ccnc(Nc2ccc(OCCN3CCN(C(C)C)CC3)c(F)c2)n1)c1ccc(OC)cc1OC. The van der Waals surface area contributed by atoms with Crippen molar-refractivity contribution in [3.8, 4) is 23.0 Å². The molecule has 49 heavy (non-hydrogen) atoms. The third kappa shape index (κ3) is 9.13. The van der Waals surface area contributed by atoms with Crippen LogP contribution in [-0.4, -0.2) is 92.6 Å². The number of para-hydroxylation sites is 1. The number of aromatic nitrogens is 2. The van der Waals surface area contributed by atoms with Gasteiger partial charge in [0.2, 0.25) is 5.95 Å². The predicted molar refractivity (Wildman–Crippen MR) is 185 cm³/mol. The van der Waals surface area contributed by atoms with Crippen LogP contribution in [0.25, 0.3) is 0 Å². The Labute approximate surface area is 286 Å². The Hall–Kier alpha value is -4.98. The van der Waals surface area contributed by atoms with Crippen molar-refractivity contribution in [3.63, 3.8) is 0 Å². The van der Waals surface area contributed by atoms with E-state index in [0.29, 0.717) is 46.8 Å². The number of carbonyl (C=O) groups is 1. The van der Waals surface area contributed by atoms with Crippen LogP contribution in [0.1, 0.15) is 19.4 Å². The minimum atomic E-state index is -0.758. The molecule has 12 nitrogen and oxygen atoms in total. The van der Waals surface area contributed by atoms with Gasteiger partial charge in [0.15, 0.2) is 11.6 Å². The molecule has 1 N–H and O–H groups in total. The van der Waals surface area contributed by atoms with Crippen LogP contribution in [0.5, 0.6) is 23.0 Å². The standard InChI is InChI=1S/C36H43FN6O6/c1-25(2)42-18-16-41(17-19-42)20-21-48-32-13-10-27(22-29(32)37)39-35-38-15-14-34(40-35)43(30-12-11-28(46-4)23-33(30)47-5)36(44)49-31-9-7-6-8-26(31)24-45-3/h6-15,22-23,25H,16-21,24H2,1-5H3,(H,38,39,40). The minimum absolute atomic E-state index is 0.121. The first kappa shape index (κ1) is 35.3. The van der Waals surface area contributed by atoms with Crippen LogP contribution >= 0.6 is 0 Å². The van der Waals surface area contributed by atoms with E-state index in [1.54, 1.807) is 55.6 Å². The monoisotopic (exact) mass is 674 g/mol. The Morgan fingerprint density at radius 3 is 2.45 bits per heavy atom. The van der Waals surface area contributed by atoms with E-state index in [1.807, 2.05) is 12.1 Å². The number of amides is 1. The van der Waals surface area contributed by atoms with Gasteiger partial charge in [0.05, 0.1) is 26.5 Å². The predicted octanol–water partition coefficient (Wildman–Crippen LogP) is 6.26. The highest BCUT2D eigenvalue weighted by Gasteiger charge is 2.27. The number of benzene rings is 3. The van der Waals surface area contributed by atoms with E-state index in [0.717, 1.165) is 32.7 Å². The number of ether oxygens (including phenoxy) is 5. The van der Waals surface area contributed by atoms with Crippen molar-refractivity contribution in [2.75, 3.05) is 70.9 Å².